The molecule has 31 heavy (non-hydrogen) atoms. The summed E-state index contributed by atoms with van der Waals surface area (Å²) in [6, 6.07) is 10.4. The van der Waals surface area contributed by atoms with Gasteiger partial charge in [0, 0.05) is 5.56 Å². The average molecular weight is 429 g/mol. The number of benzene rings is 1. The highest BCUT2D eigenvalue weighted by Gasteiger charge is 2.32. The molecule has 4 rings (SSSR count). The number of rotatable bonds is 6. The minimum absolute atomic E-state index is 0.0469. The number of likely N-dealkylation sites (N-methyl/N-ethyl adjacent to an activating group) is 1. The van der Waals surface area contributed by atoms with E-state index in [9.17, 15) is 10.1 Å². The van der Waals surface area contributed by atoms with Gasteiger partial charge in [0.15, 0.2) is 0 Å². The van der Waals surface area contributed by atoms with Crippen LogP contribution >= 0.6 is 0 Å². The van der Waals surface area contributed by atoms with Gasteiger partial charge in [0.2, 0.25) is 17.6 Å². The number of nitrogen functional groups attached to an aromatic ring is 1. The van der Waals surface area contributed by atoms with E-state index in [0.29, 0.717) is 24.9 Å². The van der Waals surface area contributed by atoms with Crippen LogP contribution in [0.2, 0.25) is 0 Å². The van der Waals surface area contributed by atoms with E-state index in [1.54, 1.807) is 4.90 Å². The fraction of sp³-hybridized carbons (Fsp3) is 0.524. The van der Waals surface area contributed by atoms with Crippen molar-refractivity contribution in [2.75, 3.05) is 74.4 Å². The third-order valence-electron chi connectivity index (χ3n) is 6.38. The molecule has 4 N–H and O–H groups in total. The molecule has 1 aromatic heterocycles. The molecule has 0 radical (unpaired) electrons. The lowest BCUT2D eigenvalue weighted by atomic mass is 10.2. The number of nitrogens with one attached hydrogen (secondary N) is 2. The van der Waals surface area contributed by atoms with Gasteiger partial charge in [0.05, 0.1) is 63.8 Å². The van der Waals surface area contributed by atoms with E-state index in [-0.39, 0.29) is 11.5 Å². The van der Waals surface area contributed by atoms with E-state index in [0.717, 1.165) is 52.4 Å². The summed E-state index contributed by atoms with van der Waals surface area (Å²) in [6.45, 7) is 11.1. The highest BCUT2D eigenvalue weighted by atomic mass is 16.6. The fourth-order valence-electron chi connectivity index (χ4n) is 4.46. The van der Waals surface area contributed by atoms with Gasteiger partial charge in [0.1, 0.15) is 6.54 Å². The first kappa shape index (κ1) is 21.3. The number of nitro groups is 1. The van der Waals surface area contributed by atoms with Gasteiger partial charge in [0.25, 0.3) is 0 Å². The SMILES string of the molecule is CC[NH+]1CCN(c2nc(N)c([N+](=O)[O-])c(N3CC[NH+](Cc4ccccc4)CC3)n2)CC1. The van der Waals surface area contributed by atoms with E-state index in [1.807, 2.05) is 11.0 Å². The van der Waals surface area contributed by atoms with Crippen LogP contribution < -0.4 is 25.3 Å². The van der Waals surface area contributed by atoms with Crippen LogP contribution in [-0.2, 0) is 6.54 Å². The highest BCUT2D eigenvalue weighted by molar-refractivity contribution is 5.71. The lowest BCUT2D eigenvalue weighted by molar-refractivity contribution is -0.914. The Hall–Kier alpha value is -2.98. The predicted molar refractivity (Wildman–Crippen MR) is 120 cm³/mol. The second kappa shape index (κ2) is 9.44. The first-order valence-electron chi connectivity index (χ1n) is 11.1. The Kier molecular flexibility index (Phi) is 6.47. The Balaban J connectivity index is 1.50. The van der Waals surface area contributed by atoms with Crippen LogP contribution in [0.3, 0.4) is 0 Å². The summed E-state index contributed by atoms with van der Waals surface area (Å²) in [6.07, 6.45) is 0. The Morgan fingerprint density at radius 3 is 2.23 bits per heavy atom. The number of quaternary nitrogens is 2. The summed E-state index contributed by atoms with van der Waals surface area (Å²) in [5.41, 5.74) is 7.19. The molecule has 3 heterocycles. The van der Waals surface area contributed by atoms with Crippen LogP contribution in [0.5, 0.6) is 0 Å². The quantitative estimate of drug-likeness (QED) is 0.383. The van der Waals surface area contributed by atoms with Crippen LogP contribution in [0.15, 0.2) is 30.3 Å². The minimum Gasteiger partial charge on any atom is -0.378 e. The molecular formula is C21H32N8O2+2. The predicted octanol–water partition coefficient (Wildman–Crippen LogP) is -1.40. The summed E-state index contributed by atoms with van der Waals surface area (Å²) in [5.74, 6) is 0.818. The van der Waals surface area contributed by atoms with E-state index < -0.39 is 4.92 Å². The van der Waals surface area contributed by atoms with Gasteiger partial charge < -0.3 is 25.3 Å². The molecule has 0 saturated carbocycles. The van der Waals surface area contributed by atoms with E-state index in [2.05, 4.69) is 46.1 Å². The molecule has 10 heteroatoms. The van der Waals surface area contributed by atoms with Crippen molar-refractivity contribution in [3.8, 4) is 0 Å². The van der Waals surface area contributed by atoms with Gasteiger partial charge >= 0.3 is 5.69 Å². The Labute approximate surface area is 182 Å². The van der Waals surface area contributed by atoms with Crippen molar-refractivity contribution in [3.05, 3.63) is 46.0 Å². The summed E-state index contributed by atoms with van der Waals surface area (Å²) in [7, 11) is 0. The molecule has 2 aliphatic heterocycles. The van der Waals surface area contributed by atoms with E-state index in [1.165, 1.54) is 10.5 Å². The van der Waals surface area contributed by atoms with Gasteiger partial charge in [-0.1, -0.05) is 30.3 Å². The zero-order valence-corrected chi connectivity index (χ0v) is 18.1. The number of nitrogens with zero attached hydrogens (tertiary/aromatic N) is 5. The normalized spacial score (nSPS) is 18.4. The zero-order chi connectivity index (χ0) is 21.8. The summed E-state index contributed by atoms with van der Waals surface area (Å²) < 4.78 is 0. The van der Waals surface area contributed by atoms with Gasteiger partial charge in [-0.3, -0.25) is 10.1 Å². The third-order valence-corrected chi connectivity index (χ3v) is 6.38. The smallest absolute Gasteiger partial charge is 0.353 e. The average Bonchev–Trinajstić information content (AvgIpc) is 2.79. The van der Waals surface area contributed by atoms with Crippen LogP contribution in [0.4, 0.5) is 23.3 Å². The third kappa shape index (κ3) is 4.86. The maximum absolute atomic E-state index is 11.8. The molecule has 1 aromatic carbocycles. The molecule has 0 bridgehead atoms. The Morgan fingerprint density at radius 1 is 1.00 bits per heavy atom. The summed E-state index contributed by atoms with van der Waals surface area (Å²) >= 11 is 0. The van der Waals surface area contributed by atoms with Crippen molar-refractivity contribution < 1.29 is 14.7 Å². The largest absolute Gasteiger partial charge is 0.378 e. The molecule has 0 spiro atoms. The lowest BCUT2D eigenvalue weighted by Gasteiger charge is -2.34. The molecule has 10 nitrogen and oxygen atoms in total. The zero-order valence-electron chi connectivity index (χ0n) is 18.1. The number of nitrogens with two attached hydrogens (primary N) is 1. The van der Waals surface area contributed by atoms with Gasteiger partial charge in [-0.25, -0.2) is 0 Å². The standard InChI is InChI=1S/C21H30N8O2/c1-2-25-8-14-28(15-9-25)21-23-19(22)18(29(30)31)20(24-21)27-12-10-26(11-13-27)16-17-6-4-3-5-7-17/h3-7H,2,8-16H2,1H3,(H2,22,23,24)/p+2. The van der Waals surface area contributed by atoms with Crippen molar-refractivity contribution in [2.45, 2.75) is 13.5 Å². The number of aromatic nitrogens is 2. The molecule has 0 aliphatic carbocycles. The molecular weight excluding hydrogens is 396 g/mol. The first-order valence-corrected chi connectivity index (χ1v) is 11.1. The van der Waals surface area contributed by atoms with Crippen LogP contribution in [-0.4, -0.2) is 73.8 Å². The number of piperazine rings is 2. The molecule has 2 aromatic rings. The number of hydrogen-bond donors (Lipinski definition) is 3. The first-order chi connectivity index (χ1) is 15.0. The van der Waals surface area contributed by atoms with Crippen molar-refractivity contribution in [1.82, 2.24) is 9.97 Å². The molecule has 2 saturated heterocycles. The maximum Gasteiger partial charge on any atom is 0.353 e. The van der Waals surface area contributed by atoms with Crippen LogP contribution in [0.25, 0.3) is 0 Å². The van der Waals surface area contributed by atoms with Crippen molar-refractivity contribution in [3.63, 3.8) is 0 Å². The van der Waals surface area contributed by atoms with Crippen LogP contribution in [0.1, 0.15) is 12.5 Å². The van der Waals surface area contributed by atoms with Gasteiger partial charge in [-0.2, -0.15) is 9.97 Å². The van der Waals surface area contributed by atoms with Crippen molar-refractivity contribution in [1.29, 1.82) is 0 Å². The minimum atomic E-state index is -0.448. The topological polar surface area (TPSA) is 110 Å². The second-order valence-electron chi connectivity index (χ2n) is 8.33. The van der Waals surface area contributed by atoms with Crippen molar-refractivity contribution >= 4 is 23.3 Å². The molecule has 0 unspecified atom stereocenters. The van der Waals surface area contributed by atoms with E-state index in [4.69, 9.17) is 5.73 Å². The van der Waals surface area contributed by atoms with Gasteiger partial charge in [-0.15, -0.1) is 0 Å². The number of anilines is 3. The second-order valence-corrected chi connectivity index (χ2v) is 8.33. The highest BCUT2D eigenvalue weighted by Crippen LogP contribution is 2.32. The van der Waals surface area contributed by atoms with Gasteiger partial charge in [-0.05, 0) is 6.92 Å². The molecule has 0 amide bonds. The van der Waals surface area contributed by atoms with Crippen LogP contribution in [0, 0.1) is 10.1 Å². The maximum atomic E-state index is 11.8. The lowest BCUT2D eigenvalue weighted by Crippen LogP contribution is -3.14. The summed E-state index contributed by atoms with van der Waals surface area (Å²) in [4.78, 5) is 27.4. The van der Waals surface area contributed by atoms with Crippen molar-refractivity contribution in [2.24, 2.45) is 0 Å². The molecule has 2 fully saturated rings. The van der Waals surface area contributed by atoms with E-state index >= 15 is 0 Å². The molecule has 2 aliphatic rings. The summed E-state index contributed by atoms with van der Waals surface area (Å²) in [5, 5.41) is 11.8. The Morgan fingerprint density at radius 2 is 1.61 bits per heavy atom. The molecule has 0 atom stereocenters. The Bertz CT molecular complexity index is 894. The monoisotopic (exact) mass is 428 g/mol. The molecule has 166 valence electrons. The number of hydrogen-bond acceptors (Lipinski definition) is 7. The fourth-order valence-corrected chi connectivity index (χ4v) is 4.46.